The molecule has 1 aliphatic rings. The van der Waals surface area contributed by atoms with Crippen LogP contribution < -0.4 is 5.56 Å². The molecule has 178 valence electrons. The molecule has 2 atom stereocenters. The van der Waals surface area contributed by atoms with Gasteiger partial charge in [0.1, 0.15) is 0 Å². The second kappa shape index (κ2) is 10.2. The van der Waals surface area contributed by atoms with Crippen molar-refractivity contribution in [1.82, 2.24) is 30.1 Å². The van der Waals surface area contributed by atoms with Crippen LogP contribution in [0.15, 0.2) is 46.6 Å². The molecule has 4 aromatic rings. The number of nitrogens with zero attached hydrogens (tertiary/aromatic N) is 5. The number of thiophene rings is 1. The van der Waals surface area contributed by atoms with Gasteiger partial charge >= 0.3 is 0 Å². The summed E-state index contributed by atoms with van der Waals surface area (Å²) in [5, 5.41) is 15.8. The lowest BCUT2D eigenvalue weighted by molar-refractivity contribution is 0.0889. The molecule has 0 unspecified atom stereocenters. The van der Waals surface area contributed by atoms with Crippen LogP contribution in [-0.4, -0.2) is 42.8 Å². The number of ether oxygens (including phenoxy) is 1. The summed E-state index contributed by atoms with van der Waals surface area (Å²) in [5.41, 5.74) is 2.66. The van der Waals surface area contributed by atoms with Gasteiger partial charge in [0.05, 0.1) is 24.2 Å². The summed E-state index contributed by atoms with van der Waals surface area (Å²) in [7, 11) is 0. The minimum atomic E-state index is -0.0493. The molecule has 0 amide bonds. The number of tetrazole rings is 1. The molecule has 1 saturated heterocycles. The van der Waals surface area contributed by atoms with Gasteiger partial charge < -0.3 is 9.72 Å². The van der Waals surface area contributed by atoms with Crippen LogP contribution in [0, 0.1) is 6.92 Å². The van der Waals surface area contributed by atoms with Gasteiger partial charge in [-0.25, -0.2) is 4.68 Å². The van der Waals surface area contributed by atoms with Gasteiger partial charge in [-0.2, -0.15) is 0 Å². The third-order valence-electron chi connectivity index (χ3n) is 6.56. The molecule has 0 saturated carbocycles. The molecular weight excluding hydrogens is 448 g/mol. The fraction of sp³-hybridized carbons (Fsp3) is 0.440. The molecule has 0 aliphatic carbocycles. The fourth-order valence-corrected chi connectivity index (χ4v) is 5.54. The maximum Gasteiger partial charge on any atom is 0.252 e. The van der Waals surface area contributed by atoms with Gasteiger partial charge in [-0.1, -0.05) is 31.2 Å². The van der Waals surface area contributed by atoms with E-state index in [9.17, 15) is 4.79 Å². The van der Waals surface area contributed by atoms with E-state index in [1.54, 1.807) is 11.3 Å². The Morgan fingerprint density at radius 2 is 2.21 bits per heavy atom. The Bertz CT molecular complexity index is 1290. The standard InChI is InChI=1S/C25H30N6O2S/c1-3-22(24-27-28-29-31(24)15-20-9-5-11-33-20)30(16-21-10-6-12-34-21)14-19-13-18-8-4-7-17(2)23(18)26-25(19)32/h4,6-8,10,12-13,20,22H,3,5,9,11,14-16H2,1-2H3,(H,26,32)/t20-,22-/m1/s1. The van der Waals surface area contributed by atoms with E-state index < -0.39 is 0 Å². The van der Waals surface area contributed by atoms with Crippen LogP contribution in [0.25, 0.3) is 10.9 Å². The molecule has 0 spiro atoms. The highest BCUT2D eigenvalue weighted by atomic mass is 32.1. The van der Waals surface area contributed by atoms with Gasteiger partial charge in [0.25, 0.3) is 5.56 Å². The van der Waals surface area contributed by atoms with Gasteiger partial charge in [-0.15, -0.1) is 16.4 Å². The average Bonchev–Trinajstić information content (AvgIpc) is 3.60. The van der Waals surface area contributed by atoms with Crippen LogP contribution in [0.3, 0.4) is 0 Å². The van der Waals surface area contributed by atoms with Crippen molar-refractivity contribution in [3.63, 3.8) is 0 Å². The number of H-pyrrole nitrogens is 1. The molecule has 1 N–H and O–H groups in total. The van der Waals surface area contributed by atoms with Crippen LogP contribution in [0.5, 0.6) is 0 Å². The summed E-state index contributed by atoms with van der Waals surface area (Å²) < 4.78 is 7.72. The third-order valence-corrected chi connectivity index (χ3v) is 7.42. The van der Waals surface area contributed by atoms with E-state index >= 15 is 0 Å². The van der Waals surface area contributed by atoms with Crippen LogP contribution in [0.2, 0.25) is 0 Å². The Morgan fingerprint density at radius 1 is 1.29 bits per heavy atom. The highest BCUT2D eigenvalue weighted by Gasteiger charge is 2.28. The normalized spacial score (nSPS) is 17.1. The maximum atomic E-state index is 13.1. The molecule has 5 rings (SSSR count). The first kappa shape index (κ1) is 22.9. The predicted molar refractivity (Wildman–Crippen MR) is 133 cm³/mol. The van der Waals surface area contributed by atoms with Crippen molar-refractivity contribution in [3.8, 4) is 0 Å². The monoisotopic (exact) mass is 478 g/mol. The van der Waals surface area contributed by atoms with Gasteiger partial charge in [-0.05, 0) is 65.1 Å². The van der Waals surface area contributed by atoms with Crippen LogP contribution >= 0.6 is 11.3 Å². The Morgan fingerprint density at radius 3 is 2.97 bits per heavy atom. The zero-order valence-electron chi connectivity index (χ0n) is 19.6. The SMILES string of the molecule is CC[C@H](c1nnnn1C[C@H]1CCCO1)N(Cc1cccs1)Cc1cc2cccc(C)c2[nH]c1=O. The topological polar surface area (TPSA) is 88.9 Å². The van der Waals surface area contributed by atoms with Crippen molar-refractivity contribution in [3.05, 3.63) is 74.0 Å². The lowest BCUT2D eigenvalue weighted by atomic mass is 10.1. The summed E-state index contributed by atoms with van der Waals surface area (Å²) in [6, 6.07) is 12.3. The van der Waals surface area contributed by atoms with E-state index in [0.29, 0.717) is 19.6 Å². The van der Waals surface area contributed by atoms with Crippen LogP contribution in [-0.2, 0) is 24.4 Å². The van der Waals surface area contributed by atoms with Gasteiger partial charge in [0, 0.05) is 30.1 Å². The van der Waals surface area contributed by atoms with E-state index in [4.69, 9.17) is 4.74 Å². The Hall–Kier alpha value is -2.88. The zero-order chi connectivity index (χ0) is 23.5. The minimum Gasteiger partial charge on any atom is -0.376 e. The summed E-state index contributed by atoms with van der Waals surface area (Å²) in [5.74, 6) is 0.822. The molecule has 0 bridgehead atoms. The summed E-state index contributed by atoms with van der Waals surface area (Å²) in [6.45, 7) is 6.83. The van der Waals surface area contributed by atoms with Gasteiger partial charge in [0.2, 0.25) is 0 Å². The number of aromatic amines is 1. The summed E-state index contributed by atoms with van der Waals surface area (Å²) in [4.78, 5) is 19.7. The van der Waals surface area contributed by atoms with Crippen LogP contribution in [0.4, 0.5) is 0 Å². The van der Waals surface area contributed by atoms with Gasteiger partial charge in [-0.3, -0.25) is 9.69 Å². The number of para-hydroxylation sites is 1. The number of nitrogens with one attached hydrogen (secondary N) is 1. The summed E-state index contributed by atoms with van der Waals surface area (Å²) in [6.07, 6.45) is 3.08. The number of rotatable bonds is 9. The molecule has 1 fully saturated rings. The average molecular weight is 479 g/mol. The first-order valence-corrected chi connectivity index (χ1v) is 12.8. The largest absolute Gasteiger partial charge is 0.376 e. The highest BCUT2D eigenvalue weighted by Crippen LogP contribution is 2.28. The molecule has 9 heteroatoms. The number of benzene rings is 1. The van der Waals surface area contributed by atoms with Crippen molar-refractivity contribution < 1.29 is 4.74 Å². The lowest BCUT2D eigenvalue weighted by Crippen LogP contribution is -2.33. The molecule has 34 heavy (non-hydrogen) atoms. The van der Waals surface area contributed by atoms with E-state index in [1.807, 2.05) is 35.9 Å². The van der Waals surface area contributed by atoms with Gasteiger partial charge in [0.15, 0.2) is 5.82 Å². The fourth-order valence-electron chi connectivity index (χ4n) is 4.81. The number of aromatic nitrogens is 5. The Kier molecular flexibility index (Phi) is 6.85. The molecule has 1 aliphatic heterocycles. The van der Waals surface area contributed by atoms with E-state index in [2.05, 4.69) is 49.8 Å². The van der Waals surface area contributed by atoms with Crippen molar-refractivity contribution >= 4 is 22.2 Å². The number of hydrogen-bond acceptors (Lipinski definition) is 7. The molecule has 8 nitrogen and oxygen atoms in total. The Balaban J connectivity index is 1.49. The molecule has 1 aromatic carbocycles. The molecular formula is C25H30N6O2S. The highest BCUT2D eigenvalue weighted by molar-refractivity contribution is 7.09. The first-order chi connectivity index (χ1) is 16.6. The second-order valence-electron chi connectivity index (χ2n) is 8.93. The van der Waals surface area contributed by atoms with Crippen molar-refractivity contribution in [1.29, 1.82) is 0 Å². The number of fused-ring (bicyclic) bond motifs is 1. The Labute approximate surface area is 202 Å². The second-order valence-corrected chi connectivity index (χ2v) is 9.96. The van der Waals surface area contributed by atoms with Crippen molar-refractivity contribution in [2.24, 2.45) is 0 Å². The summed E-state index contributed by atoms with van der Waals surface area (Å²) >= 11 is 1.72. The number of hydrogen-bond donors (Lipinski definition) is 1. The quantitative estimate of drug-likeness (QED) is 0.388. The third kappa shape index (κ3) is 4.82. The first-order valence-electron chi connectivity index (χ1n) is 11.9. The molecule has 4 heterocycles. The minimum absolute atomic E-state index is 0.0360. The van der Waals surface area contributed by atoms with Crippen LogP contribution in [0.1, 0.15) is 54.1 Å². The lowest BCUT2D eigenvalue weighted by Gasteiger charge is -2.30. The molecule has 0 radical (unpaired) electrons. The predicted octanol–water partition coefficient (Wildman–Crippen LogP) is 4.22. The van der Waals surface area contributed by atoms with Crippen molar-refractivity contribution in [2.45, 2.75) is 64.9 Å². The smallest absolute Gasteiger partial charge is 0.252 e. The van der Waals surface area contributed by atoms with E-state index in [-0.39, 0.29) is 17.7 Å². The van der Waals surface area contributed by atoms with Crippen molar-refractivity contribution in [2.75, 3.05) is 6.61 Å². The van der Waals surface area contributed by atoms with E-state index in [0.717, 1.165) is 53.7 Å². The van der Waals surface area contributed by atoms with E-state index in [1.165, 1.54) is 4.88 Å². The number of aryl methyl sites for hydroxylation is 1. The maximum absolute atomic E-state index is 13.1. The number of pyridine rings is 1. The zero-order valence-corrected chi connectivity index (χ0v) is 20.4. The molecule has 3 aromatic heterocycles.